The number of ether oxygens (including phenoxy) is 4. The number of cyclic esters (lactones) is 1. The first-order chi connectivity index (χ1) is 22.5. The molecule has 0 radical (unpaired) electrons. The molecule has 1 fully saturated rings. The lowest BCUT2D eigenvalue weighted by molar-refractivity contribution is -0.292. The minimum absolute atomic E-state index is 0.151. The second kappa shape index (κ2) is 22.2. The van der Waals surface area contributed by atoms with Gasteiger partial charge < -0.3 is 49.6 Å². The largest absolute Gasteiger partial charge is 0.460 e. The summed E-state index contributed by atoms with van der Waals surface area (Å²) in [5, 5.41) is 59.4. The van der Waals surface area contributed by atoms with Gasteiger partial charge in [0.25, 0.3) is 0 Å². The van der Waals surface area contributed by atoms with Crippen LogP contribution in [0.3, 0.4) is 0 Å². The maximum atomic E-state index is 12.6. The van der Waals surface area contributed by atoms with Crippen molar-refractivity contribution in [3.8, 4) is 0 Å². The molecular weight excluding hydrogens is 616 g/mol. The van der Waals surface area contributed by atoms with Crippen molar-refractivity contribution in [1.29, 1.82) is 0 Å². The predicted molar refractivity (Wildman–Crippen MR) is 169 cm³/mol. The van der Waals surface area contributed by atoms with Crippen LogP contribution in [0.4, 0.5) is 0 Å². The third-order valence-corrected chi connectivity index (χ3v) is 7.13. The quantitative estimate of drug-likeness (QED) is 0.175. The minimum atomic E-state index is -1.77. The normalized spacial score (nSPS) is 36.0. The van der Waals surface area contributed by atoms with Crippen molar-refractivity contribution in [1.82, 2.24) is 0 Å². The van der Waals surface area contributed by atoms with E-state index in [0.29, 0.717) is 6.42 Å². The van der Waals surface area contributed by atoms with Crippen molar-refractivity contribution in [2.75, 3.05) is 6.61 Å². The van der Waals surface area contributed by atoms with Gasteiger partial charge >= 0.3 is 17.9 Å². The first-order valence-corrected chi connectivity index (χ1v) is 15.8. The van der Waals surface area contributed by atoms with E-state index in [0.717, 1.165) is 12.8 Å². The summed E-state index contributed by atoms with van der Waals surface area (Å²) in [4.78, 5) is 37.0. The zero-order chi connectivity index (χ0) is 34.6. The Morgan fingerprint density at radius 2 is 1.49 bits per heavy atom. The summed E-state index contributed by atoms with van der Waals surface area (Å²) in [6, 6.07) is 0. The van der Waals surface area contributed by atoms with Gasteiger partial charge in [0, 0.05) is 18.9 Å². The Balaban J connectivity index is 2.00. The van der Waals surface area contributed by atoms with Crippen LogP contribution in [0.25, 0.3) is 0 Å². The lowest BCUT2D eigenvalue weighted by Crippen LogP contribution is -2.59. The third kappa shape index (κ3) is 16.3. The summed E-state index contributed by atoms with van der Waals surface area (Å²) in [5.74, 6) is -2.17. The van der Waals surface area contributed by atoms with E-state index in [1.54, 1.807) is 48.6 Å². The fourth-order valence-corrected chi connectivity index (χ4v) is 4.52. The Morgan fingerprint density at radius 1 is 0.830 bits per heavy atom. The number of aliphatic hydroxyl groups excluding tert-OH is 6. The molecule has 262 valence electrons. The van der Waals surface area contributed by atoms with E-state index in [4.69, 9.17) is 18.9 Å². The van der Waals surface area contributed by atoms with Crippen molar-refractivity contribution in [3.63, 3.8) is 0 Å². The van der Waals surface area contributed by atoms with Gasteiger partial charge in [-0.05, 0) is 38.7 Å². The maximum Gasteiger partial charge on any atom is 0.331 e. The highest BCUT2D eigenvalue weighted by Crippen LogP contribution is 2.22. The molecule has 0 aromatic carbocycles. The second-order valence-corrected chi connectivity index (χ2v) is 11.2. The molecule has 2 rings (SSSR count). The number of esters is 3. The summed E-state index contributed by atoms with van der Waals surface area (Å²) >= 11 is 0. The number of aliphatic hydroxyl groups is 6. The standard InChI is InChI=1S/C34H48O13/c1-23-13-7-3-2-4-8-14-24(36)21-25(37)15-9-5-10-16-26(17-11-6-12-18-28(38)44-23)45-29(39)19-20-30(40)47-34-33(43)32(42)31(41)27(22-35)46-34/h2,4-6,8-12,14,16,18,23-27,31-37,41-43H,3,7,13,15,17,19-22H2,1H3/b4-2-,9-5-,11-6+,14-8+,16-10+,18-12-/t23-,24-,25-,26+,27-,31-,32+,33-,34+/m0/s1. The highest BCUT2D eigenvalue weighted by molar-refractivity contribution is 5.82. The van der Waals surface area contributed by atoms with Crippen molar-refractivity contribution < 1.29 is 64.0 Å². The van der Waals surface area contributed by atoms with Gasteiger partial charge in [-0.3, -0.25) is 9.59 Å². The summed E-state index contributed by atoms with van der Waals surface area (Å²) in [6.45, 7) is 1.12. The minimum Gasteiger partial charge on any atom is -0.460 e. The Bertz CT molecular complexity index is 1140. The molecule has 0 amide bonds. The fraction of sp³-hybridized carbons (Fsp3) is 0.559. The molecule has 9 atom stereocenters. The molecule has 13 nitrogen and oxygen atoms in total. The van der Waals surface area contributed by atoms with Crippen LogP contribution in [0.5, 0.6) is 0 Å². The summed E-state index contributed by atoms with van der Waals surface area (Å²) in [6.07, 6.45) is 11.2. The zero-order valence-electron chi connectivity index (χ0n) is 26.5. The number of hydrogen-bond donors (Lipinski definition) is 6. The van der Waals surface area contributed by atoms with Gasteiger partial charge in [-0.15, -0.1) is 0 Å². The number of hydrogen-bond acceptors (Lipinski definition) is 13. The van der Waals surface area contributed by atoms with Crippen LogP contribution >= 0.6 is 0 Å². The van der Waals surface area contributed by atoms with E-state index in [-0.39, 0.29) is 31.8 Å². The second-order valence-electron chi connectivity index (χ2n) is 11.2. The van der Waals surface area contributed by atoms with Crippen molar-refractivity contribution >= 4 is 17.9 Å². The molecule has 0 spiro atoms. The number of rotatable bonds is 6. The van der Waals surface area contributed by atoms with E-state index < -0.39 is 80.0 Å². The van der Waals surface area contributed by atoms with E-state index in [9.17, 15) is 45.0 Å². The Labute approximate surface area is 274 Å². The number of carbonyl (C=O) groups excluding carboxylic acids is 3. The molecule has 13 heteroatoms. The summed E-state index contributed by atoms with van der Waals surface area (Å²) in [7, 11) is 0. The average molecular weight is 665 g/mol. The van der Waals surface area contributed by atoms with Gasteiger partial charge in [0.1, 0.15) is 30.5 Å². The molecule has 0 aromatic rings. The van der Waals surface area contributed by atoms with Gasteiger partial charge in [-0.1, -0.05) is 60.8 Å². The molecule has 47 heavy (non-hydrogen) atoms. The van der Waals surface area contributed by atoms with Gasteiger partial charge in [0.05, 0.1) is 37.8 Å². The maximum absolute atomic E-state index is 12.6. The van der Waals surface area contributed by atoms with Gasteiger partial charge in [-0.25, -0.2) is 4.79 Å². The highest BCUT2D eigenvalue weighted by Gasteiger charge is 2.45. The van der Waals surface area contributed by atoms with Crippen molar-refractivity contribution in [2.45, 2.75) is 113 Å². The van der Waals surface area contributed by atoms with Crippen LogP contribution in [0.2, 0.25) is 0 Å². The van der Waals surface area contributed by atoms with E-state index in [2.05, 4.69) is 0 Å². The summed E-state index contributed by atoms with van der Waals surface area (Å²) < 4.78 is 21.0. The monoisotopic (exact) mass is 664 g/mol. The van der Waals surface area contributed by atoms with E-state index in [1.165, 1.54) is 12.2 Å². The van der Waals surface area contributed by atoms with Crippen molar-refractivity contribution in [2.24, 2.45) is 0 Å². The van der Waals surface area contributed by atoms with Crippen LogP contribution in [0.15, 0.2) is 72.9 Å². The average Bonchev–Trinajstić information content (AvgIpc) is 3.02. The van der Waals surface area contributed by atoms with E-state index >= 15 is 0 Å². The van der Waals surface area contributed by atoms with Crippen LogP contribution in [-0.2, 0) is 33.3 Å². The first-order valence-electron chi connectivity index (χ1n) is 15.8. The molecule has 2 heterocycles. The van der Waals surface area contributed by atoms with Gasteiger partial charge in [-0.2, -0.15) is 0 Å². The lowest BCUT2D eigenvalue weighted by atomic mass is 9.99. The van der Waals surface area contributed by atoms with E-state index in [1.807, 2.05) is 19.1 Å². The van der Waals surface area contributed by atoms with Crippen LogP contribution in [-0.4, -0.2) is 110 Å². The van der Waals surface area contributed by atoms with Crippen molar-refractivity contribution in [3.05, 3.63) is 72.9 Å². The topological polar surface area (TPSA) is 210 Å². The molecule has 0 saturated carbocycles. The molecule has 0 aliphatic carbocycles. The molecule has 0 aromatic heterocycles. The molecule has 1 saturated heterocycles. The fourth-order valence-electron chi connectivity index (χ4n) is 4.52. The van der Waals surface area contributed by atoms with Gasteiger partial charge in [0.15, 0.2) is 0 Å². The first kappa shape index (κ1) is 39.7. The molecule has 2 aliphatic rings. The number of allylic oxidation sites excluding steroid dienone is 7. The Morgan fingerprint density at radius 3 is 2.23 bits per heavy atom. The molecule has 0 bridgehead atoms. The van der Waals surface area contributed by atoms with Gasteiger partial charge in [0.2, 0.25) is 6.29 Å². The predicted octanol–water partition coefficient (Wildman–Crippen LogP) is 1.37. The molecular formula is C34H48O13. The third-order valence-electron chi connectivity index (χ3n) is 7.13. The molecule has 6 N–H and O–H groups in total. The molecule has 0 unspecified atom stereocenters. The Hall–Kier alpha value is -3.43. The summed E-state index contributed by atoms with van der Waals surface area (Å²) in [5.41, 5.74) is 0. The Kier molecular flexibility index (Phi) is 18.8. The zero-order valence-corrected chi connectivity index (χ0v) is 26.5. The van der Waals surface area contributed by atoms with Crippen LogP contribution < -0.4 is 0 Å². The SMILES string of the molecule is C[C@H]1CCC/C=C\C=C\[C@H](O)C[C@@H](O)C/C=C\C=C\[C@@H](OC(=O)CCC(=O)O[C@H]2O[C@@H](CO)[C@H](O)[C@@H](O)[C@@H]2O)C/C=C/C=C\C(=O)O1. The smallest absolute Gasteiger partial charge is 0.331 e. The number of carbonyl (C=O) groups is 3. The lowest BCUT2D eigenvalue weighted by Gasteiger charge is -2.39. The molecule has 2 aliphatic heterocycles. The highest BCUT2D eigenvalue weighted by atomic mass is 16.7. The van der Waals surface area contributed by atoms with Crippen LogP contribution in [0.1, 0.15) is 58.3 Å². The van der Waals surface area contributed by atoms with Crippen LogP contribution in [0, 0.1) is 0 Å².